The Bertz CT molecular complexity index is 473. The molecule has 0 aliphatic heterocycles. The summed E-state index contributed by atoms with van der Waals surface area (Å²) >= 11 is 0. The van der Waals surface area contributed by atoms with Gasteiger partial charge in [-0.25, -0.2) is 14.4 Å². The summed E-state index contributed by atoms with van der Waals surface area (Å²) in [5.41, 5.74) is -2.18. The van der Waals surface area contributed by atoms with Crippen LogP contribution in [0, 0.1) is 0 Å². The number of aromatic carboxylic acids is 3. The second-order valence-corrected chi connectivity index (χ2v) is 3.42. The van der Waals surface area contributed by atoms with Crippen molar-refractivity contribution in [1.82, 2.24) is 0 Å². The molecule has 0 aliphatic rings. The highest BCUT2D eigenvalue weighted by Crippen LogP contribution is 2.18. The Morgan fingerprint density at radius 2 is 1.00 bits per heavy atom. The third-order valence-corrected chi connectivity index (χ3v) is 2.23. The van der Waals surface area contributed by atoms with Crippen molar-refractivity contribution >= 4 is 23.7 Å². The molecule has 0 spiro atoms. The van der Waals surface area contributed by atoms with Gasteiger partial charge in [0.05, 0.1) is 16.7 Å². The zero-order valence-corrected chi connectivity index (χ0v) is 9.13. The van der Waals surface area contributed by atoms with Gasteiger partial charge in [-0.15, -0.1) is 0 Å². The highest BCUT2D eigenvalue weighted by molar-refractivity contribution is 6.10. The molecule has 0 bridgehead atoms. The van der Waals surface area contributed by atoms with Gasteiger partial charge in [-0.2, -0.15) is 0 Å². The van der Waals surface area contributed by atoms with Gasteiger partial charge < -0.3 is 15.3 Å². The van der Waals surface area contributed by atoms with Crippen LogP contribution in [0.1, 0.15) is 48.4 Å². The second kappa shape index (κ2) is 4.66. The fourth-order valence-corrected chi connectivity index (χ4v) is 1.42. The van der Waals surface area contributed by atoms with Gasteiger partial charge in [-0.3, -0.25) is 4.79 Å². The Labute approximate surface area is 100 Å². The third-order valence-electron chi connectivity index (χ3n) is 2.23. The number of carboxylic acids is 3. The maximum Gasteiger partial charge on any atom is 0.336 e. The van der Waals surface area contributed by atoms with E-state index < -0.39 is 40.4 Å². The van der Waals surface area contributed by atoms with Gasteiger partial charge >= 0.3 is 17.9 Å². The molecule has 1 aromatic rings. The normalized spacial score (nSPS) is 9.83. The minimum absolute atomic E-state index is 0.343. The molecule has 0 saturated heterocycles. The summed E-state index contributed by atoms with van der Waals surface area (Å²) in [6.07, 6.45) is 0. The SMILES string of the molecule is CC(=O)c1cc(C(=O)O)c(C(=O)O)cc1C(=O)O. The minimum atomic E-state index is -1.58. The number of rotatable bonds is 4. The summed E-state index contributed by atoms with van der Waals surface area (Å²) in [6, 6.07) is 1.43. The molecule has 0 heterocycles. The first-order chi connectivity index (χ1) is 8.25. The molecule has 0 atom stereocenters. The van der Waals surface area contributed by atoms with Crippen molar-refractivity contribution in [3.05, 3.63) is 34.4 Å². The highest BCUT2D eigenvalue weighted by Gasteiger charge is 2.23. The predicted octanol–water partition coefficient (Wildman–Crippen LogP) is 0.984. The van der Waals surface area contributed by atoms with Crippen LogP contribution in [0.25, 0.3) is 0 Å². The summed E-state index contributed by atoms with van der Waals surface area (Å²) in [6.45, 7) is 1.06. The van der Waals surface area contributed by atoms with Crippen LogP contribution in [0.15, 0.2) is 12.1 Å². The van der Waals surface area contributed by atoms with Crippen molar-refractivity contribution in [1.29, 1.82) is 0 Å². The quantitative estimate of drug-likeness (QED) is 0.681. The summed E-state index contributed by atoms with van der Waals surface area (Å²) in [7, 11) is 0. The molecule has 0 saturated carbocycles. The Hall–Kier alpha value is -2.70. The first-order valence-electron chi connectivity index (χ1n) is 4.64. The monoisotopic (exact) mass is 252 g/mol. The van der Waals surface area contributed by atoms with Crippen LogP contribution >= 0.6 is 0 Å². The molecule has 0 aromatic heterocycles. The summed E-state index contributed by atoms with van der Waals surface area (Å²) in [5.74, 6) is -5.29. The number of hydrogen-bond donors (Lipinski definition) is 3. The minimum Gasteiger partial charge on any atom is -0.478 e. The smallest absolute Gasteiger partial charge is 0.336 e. The van der Waals surface area contributed by atoms with Gasteiger partial charge in [0.1, 0.15) is 0 Å². The van der Waals surface area contributed by atoms with Crippen LogP contribution in [0.2, 0.25) is 0 Å². The van der Waals surface area contributed by atoms with Crippen molar-refractivity contribution in [2.45, 2.75) is 6.92 Å². The number of ketones is 1. The average Bonchev–Trinajstić information content (AvgIpc) is 2.26. The topological polar surface area (TPSA) is 129 Å². The lowest BCUT2D eigenvalue weighted by Gasteiger charge is -2.07. The molecule has 0 fully saturated rings. The Morgan fingerprint density at radius 3 is 1.28 bits per heavy atom. The largest absolute Gasteiger partial charge is 0.478 e. The maximum absolute atomic E-state index is 11.2. The lowest BCUT2D eigenvalue weighted by atomic mass is 9.96. The molecule has 94 valence electrons. The van der Waals surface area contributed by atoms with E-state index in [1.807, 2.05) is 0 Å². The fraction of sp³-hybridized carbons (Fsp3) is 0.0909. The van der Waals surface area contributed by atoms with Crippen molar-refractivity contribution in [2.24, 2.45) is 0 Å². The van der Waals surface area contributed by atoms with Crippen molar-refractivity contribution in [3.8, 4) is 0 Å². The molecule has 1 aromatic carbocycles. The van der Waals surface area contributed by atoms with Gasteiger partial charge in [-0.1, -0.05) is 0 Å². The van der Waals surface area contributed by atoms with Crippen LogP contribution in [0.3, 0.4) is 0 Å². The lowest BCUT2D eigenvalue weighted by molar-refractivity contribution is 0.0648. The van der Waals surface area contributed by atoms with E-state index in [9.17, 15) is 19.2 Å². The van der Waals surface area contributed by atoms with Crippen LogP contribution in [-0.2, 0) is 0 Å². The molecule has 0 radical (unpaired) electrons. The molecule has 18 heavy (non-hydrogen) atoms. The maximum atomic E-state index is 11.2. The average molecular weight is 252 g/mol. The molecule has 3 N–H and O–H groups in total. The summed E-state index contributed by atoms with van der Waals surface area (Å²) in [4.78, 5) is 43.8. The molecule has 1 rings (SSSR count). The number of benzene rings is 1. The van der Waals surface area contributed by atoms with Crippen LogP contribution in [0.4, 0.5) is 0 Å². The van der Waals surface area contributed by atoms with Crippen LogP contribution < -0.4 is 0 Å². The Kier molecular flexibility index (Phi) is 3.46. The molecule has 0 aliphatic carbocycles. The van der Waals surface area contributed by atoms with E-state index in [2.05, 4.69) is 0 Å². The lowest BCUT2D eigenvalue weighted by Crippen LogP contribution is -2.14. The van der Waals surface area contributed by atoms with Crippen molar-refractivity contribution in [3.63, 3.8) is 0 Å². The predicted molar refractivity (Wildman–Crippen MR) is 57.3 cm³/mol. The molecular formula is C11H8O7. The number of Topliss-reactive ketones (excluding diaryl/α,β-unsaturated/α-hetero) is 1. The fourth-order valence-electron chi connectivity index (χ4n) is 1.42. The van der Waals surface area contributed by atoms with E-state index in [1.54, 1.807) is 0 Å². The molecule has 0 amide bonds. The van der Waals surface area contributed by atoms with Gasteiger partial charge in [0.2, 0.25) is 0 Å². The first kappa shape index (κ1) is 13.4. The molecular weight excluding hydrogens is 244 g/mol. The van der Waals surface area contributed by atoms with Gasteiger partial charge in [0.25, 0.3) is 0 Å². The highest BCUT2D eigenvalue weighted by atomic mass is 16.4. The van der Waals surface area contributed by atoms with Crippen molar-refractivity contribution in [2.75, 3.05) is 0 Å². The zero-order valence-electron chi connectivity index (χ0n) is 9.13. The second-order valence-electron chi connectivity index (χ2n) is 3.42. The van der Waals surface area contributed by atoms with E-state index in [4.69, 9.17) is 15.3 Å². The number of carboxylic acid groups (broad SMARTS) is 3. The molecule has 0 unspecified atom stereocenters. The van der Waals surface area contributed by atoms with Crippen LogP contribution in [-0.4, -0.2) is 39.0 Å². The zero-order chi connectivity index (χ0) is 14.0. The van der Waals surface area contributed by atoms with Gasteiger partial charge in [0.15, 0.2) is 5.78 Å². The van der Waals surface area contributed by atoms with E-state index in [0.717, 1.165) is 13.0 Å². The Balaban J connectivity index is 3.71. The Morgan fingerprint density at radius 1 is 0.722 bits per heavy atom. The summed E-state index contributed by atoms with van der Waals surface area (Å²) in [5, 5.41) is 26.5. The van der Waals surface area contributed by atoms with Gasteiger partial charge in [0, 0.05) is 5.56 Å². The standard InChI is InChI=1S/C11H8O7/c1-4(12)5-2-7(10(15)16)8(11(17)18)3-6(5)9(13)14/h2-3H,1H3,(H,13,14)(H,15,16)(H,17,18). The first-order valence-corrected chi connectivity index (χ1v) is 4.64. The van der Waals surface area contributed by atoms with Gasteiger partial charge in [-0.05, 0) is 19.1 Å². The molecule has 7 heteroatoms. The van der Waals surface area contributed by atoms with E-state index in [-0.39, 0.29) is 5.56 Å². The van der Waals surface area contributed by atoms with E-state index in [0.29, 0.717) is 6.07 Å². The van der Waals surface area contributed by atoms with E-state index >= 15 is 0 Å². The van der Waals surface area contributed by atoms with E-state index in [1.165, 1.54) is 0 Å². The number of carbonyl (C=O) groups is 4. The number of carbonyl (C=O) groups excluding carboxylic acids is 1. The molecule has 7 nitrogen and oxygen atoms in total. The van der Waals surface area contributed by atoms with Crippen molar-refractivity contribution < 1.29 is 34.5 Å². The van der Waals surface area contributed by atoms with Crippen LogP contribution in [0.5, 0.6) is 0 Å². The third kappa shape index (κ3) is 2.34. The number of hydrogen-bond acceptors (Lipinski definition) is 4. The summed E-state index contributed by atoms with van der Waals surface area (Å²) < 4.78 is 0.